The van der Waals surface area contributed by atoms with Crippen molar-refractivity contribution in [1.29, 1.82) is 0 Å². The number of nitrogens with one attached hydrogen (secondary N) is 1. The van der Waals surface area contributed by atoms with Gasteiger partial charge in [-0.3, -0.25) is 14.3 Å². The van der Waals surface area contributed by atoms with Gasteiger partial charge in [0.1, 0.15) is 23.5 Å². The number of aromatic nitrogens is 4. The number of ether oxygens (including phenoxy) is 1. The van der Waals surface area contributed by atoms with Crippen molar-refractivity contribution in [3.05, 3.63) is 69.8 Å². The van der Waals surface area contributed by atoms with Crippen molar-refractivity contribution < 1.29 is 9.13 Å². The number of halogens is 1. The maximum absolute atomic E-state index is 14.4. The van der Waals surface area contributed by atoms with Crippen LogP contribution in [0.4, 0.5) is 4.39 Å². The van der Waals surface area contributed by atoms with Crippen LogP contribution in [0.3, 0.4) is 0 Å². The van der Waals surface area contributed by atoms with Gasteiger partial charge in [0, 0.05) is 40.3 Å². The van der Waals surface area contributed by atoms with Gasteiger partial charge in [-0.25, -0.2) is 9.37 Å². The van der Waals surface area contributed by atoms with E-state index in [0.717, 1.165) is 17.0 Å². The topological polar surface area (TPSA) is 72.8 Å². The summed E-state index contributed by atoms with van der Waals surface area (Å²) in [5.74, 6) is -0.0597. The average Bonchev–Trinajstić information content (AvgIpc) is 3.12. The first-order chi connectivity index (χ1) is 13.4. The molecule has 7 heteroatoms. The molecule has 28 heavy (non-hydrogen) atoms. The molecule has 0 aliphatic heterocycles. The second-order valence-corrected chi connectivity index (χ2v) is 6.71. The van der Waals surface area contributed by atoms with Crippen LogP contribution < -0.4 is 10.3 Å². The molecule has 6 nitrogen and oxygen atoms in total. The largest absolute Gasteiger partial charge is 0.496 e. The van der Waals surface area contributed by atoms with Crippen molar-refractivity contribution in [1.82, 2.24) is 19.5 Å². The quantitative estimate of drug-likeness (QED) is 0.588. The number of H-pyrrole nitrogens is 1. The van der Waals surface area contributed by atoms with E-state index < -0.39 is 5.82 Å². The number of aryl methyl sites for hydroxylation is 1. The summed E-state index contributed by atoms with van der Waals surface area (Å²) >= 11 is 0. The molecule has 3 heterocycles. The van der Waals surface area contributed by atoms with E-state index in [0.29, 0.717) is 33.6 Å². The minimum absolute atomic E-state index is 0.286. The number of rotatable bonds is 3. The fourth-order valence-electron chi connectivity index (χ4n) is 3.36. The first kappa shape index (κ1) is 17.9. The van der Waals surface area contributed by atoms with E-state index >= 15 is 0 Å². The van der Waals surface area contributed by atoms with Crippen molar-refractivity contribution in [2.24, 2.45) is 0 Å². The SMILES string of the molecule is COc1cc(F)c(C)c(-n2cnc3[nH]c(-c4ccc(C)nc4)cc3c2=O)c1C. The molecule has 3 aromatic heterocycles. The summed E-state index contributed by atoms with van der Waals surface area (Å²) in [5, 5.41) is 0.417. The maximum Gasteiger partial charge on any atom is 0.267 e. The Kier molecular flexibility index (Phi) is 4.22. The van der Waals surface area contributed by atoms with Gasteiger partial charge >= 0.3 is 0 Å². The maximum atomic E-state index is 14.4. The third-order valence-electron chi connectivity index (χ3n) is 4.93. The van der Waals surface area contributed by atoms with Gasteiger partial charge < -0.3 is 9.72 Å². The van der Waals surface area contributed by atoms with E-state index in [1.54, 1.807) is 26.1 Å². The Morgan fingerprint density at radius 1 is 1.11 bits per heavy atom. The molecule has 0 spiro atoms. The highest BCUT2D eigenvalue weighted by molar-refractivity contribution is 5.82. The molecule has 4 aromatic rings. The van der Waals surface area contributed by atoms with Gasteiger partial charge in [-0.15, -0.1) is 0 Å². The first-order valence-corrected chi connectivity index (χ1v) is 8.78. The Hall–Kier alpha value is -3.48. The zero-order valence-electron chi connectivity index (χ0n) is 16.0. The van der Waals surface area contributed by atoms with E-state index in [4.69, 9.17) is 4.74 Å². The van der Waals surface area contributed by atoms with Gasteiger partial charge in [-0.05, 0) is 39.0 Å². The molecule has 0 fully saturated rings. The monoisotopic (exact) mass is 378 g/mol. The average molecular weight is 378 g/mol. The second kappa shape index (κ2) is 6.60. The van der Waals surface area contributed by atoms with Crippen LogP contribution in [-0.2, 0) is 0 Å². The normalized spacial score (nSPS) is 11.2. The highest BCUT2D eigenvalue weighted by Gasteiger charge is 2.18. The smallest absolute Gasteiger partial charge is 0.267 e. The zero-order chi connectivity index (χ0) is 20.0. The molecule has 0 unspecified atom stereocenters. The van der Waals surface area contributed by atoms with E-state index in [2.05, 4.69) is 15.0 Å². The van der Waals surface area contributed by atoms with Crippen LogP contribution in [0.25, 0.3) is 28.0 Å². The molecule has 0 aliphatic rings. The Morgan fingerprint density at radius 3 is 2.57 bits per heavy atom. The fourth-order valence-corrected chi connectivity index (χ4v) is 3.36. The molecule has 1 N–H and O–H groups in total. The molecule has 0 radical (unpaired) electrons. The van der Waals surface area contributed by atoms with Crippen molar-refractivity contribution in [3.8, 4) is 22.7 Å². The Morgan fingerprint density at radius 2 is 1.89 bits per heavy atom. The van der Waals surface area contributed by atoms with Crippen LogP contribution in [0.15, 0.2) is 41.6 Å². The number of aromatic amines is 1. The molecule has 4 rings (SSSR count). The predicted octanol–water partition coefficient (Wildman–Crippen LogP) is 3.85. The van der Waals surface area contributed by atoms with Crippen LogP contribution in [-0.4, -0.2) is 26.6 Å². The molecule has 142 valence electrons. The fraction of sp³-hybridized carbons (Fsp3) is 0.190. The van der Waals surface area contributed by atoms with Crippen LogP contribution >= 0.6 is 0 Å². The van der Waals surface area contributed by atoms with Gasteiger partial charge in [-0.2, -0.15) is 0 Å². The lowest BCUT2D eigenvalue weighted by Crippen LogP contribution is -2.20. The third-order valence-corrected chi connectivity index (χ3v) is 4.93. The van der Waals surface area contributed by atoms with Crippen LogP contribution in [0.2, 0.25) is 0 Å². The molecule has 0 atom stereocenters. The van der Waals surface area contributed by atoms with Gasteiger partial charge in [0.2, 0.25) is 0 Å². The van der Waals surface area contributed by atoms with Gasteiger partial charge in [-0.1, -0.05) is 0 Å². The Balaban J connectivity index is 1.94. The Labute approximate surface area is 160 Å². The lowest BCUT2D eigenvalue weighted by Gasteiger charge is -2.16. The molecule has 0 amide bonds. The summed E-state index contributed by atoms with van der Waals surface area (Å²) in [7, 11) is 1.47. The van der Waals surface area contributed by atoms with E-state index in [9.17, 15) is 9.18 Å². The summed E-state index contributed by atoms with van der Waals surface area (Å²) in [5.41, 5.74) is 4.16. The number of nitrogens with zero attached hydrogens (tertiary/aromatic N) is 3. The predicted molar refractivity (Wildman–Crippen MR) is 106 cm³/mol. The van der Waals surface area contributed by atoms with Gasteiger partial charge in [0.05, 0.1) is 18.2 Å². The van der Waals surface area contributed by atoms with Crippen LogP contribution in [0, 0.1) is 26.6 Å². The summed E-state index contributed by atoms with van der Waals surface area (Å²) in [6, 6.07) is 6.90. The standard InChI is InChI=1S/C21H19FN4O2/c1-11-5-6-14(9-23-11)17-7-15-20(25-17)24-10-26(21(15)27)19-12(2)16(22)8-18(28-4)13(19)3/h5-10,25H,1-4H3. The minimum atomic E-state index is -0.440. The van der Waals surface area contributed by atoms with E-state index in [1.165, 1.54) is 24.1 Å². The third kappa shape index (κ3) is 2.76. The van der Waals surface area contributed by atoms with Crippen molar-refractivity contribution in [2.75, 3.05) is 7.11 Å². The molecule has 0 bridgehead atoms. The highest BCUT2D eigenvalue weighted by atomic mass is 19.1. The van der Waals surface area contributed by atoms with Crippen molar-refractivity contribution >= 4 is 11.0 Å². The van der Waals surface area contributed by atoms with Crippen LogP contribution in [0.1, 0.15) is 16.8 Å². The molecule has 0 aliphatic carbocycles. The zero-order valence-corrected chi connectivity index (χ0v) is 16.0. The number of benzene rings is 1. The number of hydrogen-bond donors (Lipinski definition) is 1. The lowest BCUT2D eigenvalue weighted by atomic mass is 10.1. The summed E-state index contributed by atoms with van der Waals surface area (Å²) < 4.78 is 21.0. The summed E-state index contributed by atoms with van der Waals surface area (Å²) in [6.07, 6.45) is 3.15. The molecular weight excluding hydrogens is 359 g/mol. The van der Waals surface area contributed by atoms with Crippen molar-refractivity contribution in [2.45, 2.75) is 20.8 Å². The van der Waals surface area contributed by atoms with Gasteiger partial charge in [0.25, 0.3) is 5.56 Å². The molecule has 1 aromatic carbocycles. The number of fused-ring (bicyclic) bond motifs is 1. The van der Waals surface area contributed by atoms with Crippen molar-refractivity contribution in [3.63, 3.8) is 0 Å². The highest BCUT2D eigenvalue weighted by Crippen LogP contribution is 2.30. The van der Waals surface area contributed by atoms with Crippen LogP contribution in [0.5, 0.6) is 5.75 Å². The molecule has 0 saturated heterocycles. The molecular formula is C21H19FN4O2. The molecule has 0 saturated carbocycles. The van der Waals surface area contributed by atoms with Gasteiger partial charge in [0.15, 0.2) is 0 Å². The number of pyridine rings is 1. The number of hydrogen-bond acceptors (Lipinski definition) is 4. The summed E-state index contributed by atoms with van der Waals surface area (Å²) in [6.45, 7) is 5.33. The summed E-state index contributed by atoms with van der Waals surface area (Å²) in [4.78, 5) is 25.0. The first-order valence-electron chi connectivity index (χ1n) is 8.78. The lowest BCUT2D eigenvalue weighted by molar-refractivity contribution is 0.407. The number of methoxy groups -OCH3 is 1. The minimum Gasteiger partial charge on any atom is -0.496 e. The second-order valence-electron chi connectivity index (χ2n) is 6.71. The van der Waals surface area contributed by atoms with E-state index in [1.807, 2.05) is 19.1 Å². The van der Waals surface area contributed by atoms with E-state index in [-0.39, 0.29) is 5.56 Å². The Bertz CT molecular complexity index is 1260.